The summed E-state index contributed by atoms with van der Waals surface area (Å²) in [5.41, 5.74) is 2.10. The first-order valence-corrected chi connectivity index (χ1v) is 10.0. The minimum absolute atomic E-state index is 0.00794. The fourth-order valence-corrected chi connectivity index (χ4v) is 3.87. The summed E-state index contributed by atoms with van der Waals surface area (Å²) in [5.74, 6) is 1.19. The first-order chi connectivity index (χ1) is 12.3. The van der Waals surface area contributed by atoms with Crippen LogP contribution in [0.25, 0.3) is 0 Å². The molecule has 3 heterocycles. The predicted molar refractivity (Wildman–Crippen MR) is 104 cm³/mol. The Kier molecular flexibility index (Phi) is 5.61. The molecule has 0 saturated carbocycles. The van der Waals surface area contributed by atoms with Crippen LogP contribution in [0.4, 0.5) is 0 Å². The van der Waals surface area contributed by atoms with Crippen LogP contribution in [0, 0.1) is 12.8 Å². The summed E-state index contributed by atoms with van der Waals surface area (Å²) < 4.78 is 5.82. The minimum atomic E-state index is -0.00794. The number of aryl methyl sites for hydroxylation is 1. The van der Waals surface area contributed by atoms with Gasteiger partial charge < -0.3 is 9.64 Å². The van der Waals surface area contributed by atoms with Gasteiger partial charge in [-0.2, -0.15) is 5.10 Å². The number of likely N-dealkylation sites (tertiary alicyclic amines) is 1. The quantitative estimate of drug-likeness (QED) is 0.810. The van der Waals surface area contributed by atoms with Crippen molar-refractivity contribution in [3.8, 4) is 5.88 Å². The average Bonchev–Trinajstić information content (AvgIpc) is 3.06. The van der Waals surface area contributed by atoms with E-state index in [1.165, 1.54) is 11.3 Å². The van der Waals surface area contributed by atoms with E-state index in [4.69, 9.17) is 4.74 Å². The number of hydrogen-bond acceptors (Lipinski definition) is 5. The van der Waals surface area contributed by atoms with Gasteiger partial charge >= 0.3 is 0 Å². The van der Waals surface area contributed by atoms with E-state index in [1.807, 2.05) is 35.4 Å². The van der Waals surface area contributed by atoms with Gasteiger partial charge in [0.15, 0.2) is 0 Å². The van der Waals surface area contributed by atoms with E-state index in [2.05, 4.69) is 31.0 Å². The Morgan fingerprint density at radius 2 is 2.00 bits per heavy atom. The molecule has 6 heteroatoms. The Balaban J connectivity index is 1.46. The Labute approximate surface area is 159 Å². The molecule has 3 rings (SSSR count). The summed E-state index contributed by atoms with van der Waals surface area (Å²) in [6.07, 6.45) is 1.92. The van der Waals surface area contributed by atoms with E-state index in [1.54, 1.807) is 0 Å². The first kappa shape index (κ1) is 18.8. The van der Waals surface area contributed by atoms with Crippen LogP contribution < -0.4 is 4.74 Å². The zero-order valence-corrected chi connectivity index (χ0v) is 16.8. The second-order valence-electron chi connectivity index (χ2n) is 8.04. The Hall–Kier alpha value is -1.95. The maximum Gasteiger partial charge on any atom is 0.263 e. The summed E-state index contributed by atoms with van der Waals surface area (Å²) >= 11 is 1.53. The maximum atomic E-state index is 12.5. The fraction of sp³-hybridized carbons (Fsp3) is 0.550. The summed E-state index contributed by atoms with van der Waals surface area (Å²) in [6.45, 7) is 10.6. The largest absolute Gasteiger partial charge is 0.476 e. The van der Waals surface area contributed by atoms with Gasteiger partial charge in [-0.3, -0.25) is 4.79 Å². The van der Waals surface area contributed by atoms with Crippen LogP contribution in [-0.2, 0) is 5.41 Å². The summed E-state index contributed by atoms with van der Waals surface area (Å²) in [7, 11) is 0. The minimum Gasteiger partial charge on any atom is -0.476 e. The van der Waals surface area contributed by atoms with Crippen molar-refractivity contribution in [2.24, 2.45) is 5.92 Å². The molecule has 26 heavy (non-hydrogen) atoms. The molecule has 2 aromatic rings. The molecular weight excluding hydrogens is 346 g/mol. The number of aromatic nitrogens is 2. The predicted octanol–water partition coefficient (Wildman–Crippen LogP) is 4.08. The van der Waals surface area contributed by atoms with Crippen molar-refractivity contribution < 1.29 is 9.53 Å². The molecule has 0 aromatic carbocycles. The molecule has 1 aliphatic rings. The van der Waals surface area contributed by atoms with Gasteiger partial charge in [0.1, 0.15) is 0 Å². The molecule has 0 spiro atoms. The molecule has 0 bridgehead atoms. The number of rotatable bonds is 4. The van der Waals surface area contributed by atoms with Gasteiger partial charge in [0.25, 0.3) is 5.91 Å². The highest BCUT2D eigenvalue weighted by Gasteiger charge is 2.25. The molecule has 0 unspecified atom stereocenters. The van der Waals surface area contributed by atoms with Crippen molar-refractivity contribution >= 4 is 17.2 Å². The summed E-state index contributed by atoms with van der Waals surface area (Å²) in [4.78, 5) is 15.3. The van der Waals surface area contributed by atoms with Crippen molar-refractivity contribution in [3.05, 3.63) is 39.7 Å². The molecule has 2 aromatic heterocycles. The number of amides is 1. The molecule has 0 radical (unpaired) electrons. The molecule has 0 atom stereocenters. The van der Waals surface area contributed by atoms with Gasteiger partial charge in [-0.25, -0.2) is 0 Å². The van der Waals surface area contributed by atoms with Gasteiger partial charge in [0, 0.05) is 24.6 Å². The number of piperidine rings is 1. The molecule has 1 fully saturated rings. The Bertz CT molecular complexity index is 741. The molecule has 1 amide bonds. The van der Waals surface area contributed by atoms with Crippen LogP contribution in [0.1, 0.15) is 54.5 Å². The van der Waals surface area contributed by atoms with Crippen LogP contribution in [-0.4, -0.2) is 40.7 Å². The van der Waals surface area contributed by atoms with Crippen molar-refractivity contribution in [3.63, 3.8) is 0 Å². The van der Waals surface area contributed by atoms with Crippen molar-refractivity contribution in [1.82, 2.24) is 15.1 Å². The lowest BCUT2D eigenvalue weighted by Crippen LogP contribution is -2.39. The number of thiophene rings is 1. The van der Waals surface area contributed by atoms with E-state index in [9.17, 15) is 4.79 Å². The second-order valence-corrected chi connectivity index (χ2v) is 8.95. The molecule has 0 aliphatic carbocycles. The molecule has 1 aliphatic heterocycles. The van der Waals surface area contributed by atoms with E-state index in [0.29, 0.717) is 18.4 Å². The van der Waals surface area contributed by atoms with Gasteiger partial charge in [0.05, 0.1) is 17.2 Å². The van der Waals surface area contributed by atoms with Gasteiger partial charge in [-0.15, -0.1) is 16.4 Å². The number of hydrogen-bond donors (Lipinski definition) is 0. The average molecular weight is 374 g/mol. The van der Waals surface area contributed by atoms with E-state index < -0.39 is 0 Å². The Morgan fingerprint density at radius 1 is 1.27 bits per heavy atom. The zero-order chi connectivity index (χ0) is 18.7. The number of carbonyl (C=O) groups excluding carboxylic acids is 1. The topological polar surface area (TPSA) is 55.3 Å². The van der Waals surface area contributed by atoms with E-state index in [0.717, 1.165) is 42.1 Å². The second kappa shape index (κ2) is 7.74. The number of ether oxygens (including phenoxy) is 1. The molecule has 1 saturated heterocycles. The maximum absolute atomic E-state index is 12.5. The van der Waals surface area contributed by atoms with Crippen LogP contribution in [0.3, 0.4) is 0 Å². The smallest absolute Gasteiger partial charge is 0.263 e. The lowest BCUT2D eigenvalue weighted by molar-refractivity contribution is 0.0663. The fourth-order valence-electron chi connectivity index (χ4n) is 3.00. The SMILES string of the molecule is Cc1csc(C(=O)N2CCC(COc3ccc(C(C)(C)C)nn3)CC2)c1. The number of nitrogens with zero attached hydrogens (tertiary/aromatic N) is 3. The highest BCUT2D eigenvalue weighted by Crippen LogP contribution is 2.23. The van der Waals surface area contributed by atoms with Crippen LogP contribution >= 0.6 is 11.3 Å². The Morgan fingerprint density at radius 3 is 2.54 bits per heavy atom. The van der Waals surface area contributed by atoms with Gasteiger partial charge in [-0.1, -0.05) is 20.8 Å². The van der Waals surface area contributed by atoms with Gasteiger partial charge in [0.2, 0.25) is 5.88 Å². The lowest BCUT2D eigenvalue weighted by Gasteiger charge is -2.31. The zero-order valence-electron chi connectivity index (χ0n) is 16.0. The van der Waals surface area contributed by atoms with Gasteiger partial charge in [-0.05, 0) is 48.8 Å². The van der Waals surface area contributed by atoms with E-state index >= 15 is 0 Å². The highest BCUT2D eigenvalue weighted by molar-refractivity contribution is 7.12. The third-order valence-corrected chi connectivity index (χ3v) is 5.75. The van der Waals surface area contributed by atoms with Crippen molar-refractivity contribution in [2.45, 2.75) is 46.0 Å². The van der Waals surface area contributed by atoms with Crippen LogP contribution in [0.15, 0.2) is 23.6 Å². The first-order valence-electron chi connectivity index (χ1n) is 9.14. The standard InChI is InChI=1S/C20H27N3O2S/c1-14-11-16(26-13-14)19(24)23-9-7-15(8-10-23)12-25-18-6-5-17(21-22-18)20(2,3)4/h5-6,11,13,15H,7-10,12H2,1-4H3. The highest BCUT2D eigenvalue weighted by atomic mass is 32.1. The van der Waals surface area contributed by atoms with Crippen LogP contribution in [0.2, 0.25) is 0 Å². The number of carbonyl (C=O) groups is 1. The molecular formula is C20H27N3O2S. The van der Waals surface area contributed by atoms with Crippen LogP contribution in [0.5, 0.6) is 5.88 Å². The monoisotopic (exact) mass is 373 g/mol. The van der Waals surface area contributed by atoms with Crippen molar-refractivity contribution in [1.29, 1.82) is 0 Å². The lowest BCUT2D eigenvalue weighted by atomic mass is 9.92. The molecule has 5 nitrogen and oxygen atoms in total. The summed E-state index contributed by atoms with van der Waals surface area (Å²) in [6, 6.07) is 5.85. The third kappa shape index (κ3) is 4.61. The van der Waals surface area contributed by atoms with Crippen molar-refractivity contribution in [2.75, 3.05) is 19.7 Å². The molecule has 140 valence electrons. The van der Waals surface area contributed by atoms with E-state index in [-0.39, 0.29) is 11.3 Å². The molecule has 0 N–H and O–H groups in total. The third-order valence-electron chi connectivity index (χ3n) is 4.72. The normalized spacial score (nSPS) is 15.9. The summed E-state index contributed by atoms with van der Waals surface area (Å²) in [5, 5.41) is 10.5.